The molecule has 1 aromatic heterocycles. The number of hydrogen-bond donors (Lipinski definition) is 7. The Morgan fingerprint density at radius 2 is 1.46 bits per heavy atom. The second-order valence-corrected chi connectivity index (χ2v) is 15.5. The number of benzene rings is 3. The van der Waals surface area contributed by atoms with Crippen LogP contribution in [0.25, 0.3) is 22.0 Å². The van der Waals surface area contributed by atoms with Crippen LogP contribution in [0.15, 0.2) is 72.8 Å². The van der Waals surface area contributed by atoms with Crippen molar-refractivity contribution in [2.75, 3.05) is 6.61 Å². The molecular weight excluding hydrogens is 727 g/mol. The Hall–Kier alpha value is -6.18. The van der Waals surface area contributed by atoms with Crippen molar-refractivity contribution < 1.29 is 33.5 Å². The van der Waals surface area contributed by atoms with Gasteiger partial charge in [-0.15, -0.1) is 0 Å². The van der Waals surface area contributed by atoms with Crippen molar-refractivity contribution in [3.63, 3.8) is 0 Å². The van der Waals surface area contributed by atoms with Gasteiger partial charge >= 0.3 is 6.09 Å². The third-order valence-corrected chi connectivity index (χ3v) is 11.4. The minimum Gasteiger partial charge on any atom is -0.449 e. The fraction of sp³-hybridized carbons (Fsp3) is 0.395. The molecule has 3 aromatic carbocycles. The fourth-order valence-corrected chi connectivity index (χ4v) is 8.04. The van der Waals surface area contributed by atoms with E-state index in [1.54, 1.807) is 13.8 Å². The Labute approximate surface area is 331 Å². The average molecular weight is 778 g/mol. The maximum absolute atomic E-state index is 14.7. The van der Waals surface area contributed by atoms with Crippen LogP contribution in [0.4, 0.5) is 4.79 Å². The van der Waals surface area contributed by atoms with Gasteiger partial charge in [0.2, 0.25) is 29.5 Å². The second kappa shape index (κ2) is 16.9. The molecule has 6 amide bonds. The molecule has 0 aliphatic heterocycles. The van der Waals surface area contributed by atoms with Crippen LogP contribution in [-0.4, -0.2) is 70.9 Å². The third-order valence-electron chi connectivity index (χ3n) is 11.4. The van der Waals surface area contributed by atoms with Gasteiger partial charge in [-0.3, -0.25) is 24.0 Å². The molecule has 0 spiro atoms. The number of alkyl carbamates (subject to hydrolysis) is 1. The van der Waals surface area contributed by atoms with E-state index >= 15 is 0 Å². The van der Waals surface area contributed by atoms with E-state index in [0.717, 1.165) is 44.4 Å². The zero-order valence-corrected chi connectivity index (χ0v) is 32.6. The first kappa shape index (κ1) is 40.5. The van der Waals surface area contributed by atoms with E-state index in [-0.39, 0.29) is 31.3 Å². The number of hydrogen-bond acceptors (Lipinski definition) is 7. The molecule has 9 N–H and O–H groups in total. The van der Waals surface area contributed by atoms with Crippen LogP contribution < -0.4 is 32.7 Å². The molecule has 0 bridgehead atoms. The SMILES string of the molecule is CC[C@H](C)[C@H](NC(=O)OCC1c2ccccc2-c2ccccc21)C(=O)N[C@]1(C(=O)N[C@H](C(=O)N[C@@H](CC(N)=O)C(N)=O)C(C)C)CCc2[nH]c3ccccc3c2C1. The number of nitrogens with one attached hydrogen (secondary N) is 5. The number of para-hydroxylation sites is 1. The average Bonchev–Trinajstić information content (AvgIpc) is 3.72. The molecule has 14 heteroatoms. The Morgan fingerprint density at radius 3 is 2.07 bits per heavy atom. The van der Waals surface area contributed by atoms with Crippen molar-refractivity contribution in [1.29, 1.82) is 0 Å². The number of ether oxygens (including phenoxy) is 1. The highest BCUT2D eigenvalue weighted by Gasteiger charge is 2.47. The van der Waals surface area contributed by atoms with Crippen LogP contribution in [0.1, 0.15) is 75.3 Å². The summed E-state index contributed by atoms with van der Waals surface area (Å²) < 4.78 is 5.82. The number of aromatic amines is 1. The third kappa shape index (κ3) is 8.49. The molecule has 2 aliphatic carbocycles. The largest absolute Gasteiger partial charge is 0.449 e. The van der Waals surface area contributed by atoms with Crippen LogP contribution in [-0.2, 0) is 41.6 Å². The molecule has 4 aromatic rings. The highest BCUT2D eigenvalue weighted by atomic mass is 16.5. The van der Waals surface area contributed by atoms with Gasteiger partial charge in [0.05, 0.1) is 6.42 Å². The van der Waals surface area contributed by atoms with Crippen LogP contribution in [0, 0.1) is 11.8 Å². The minimum absolute atomic E-state index is 0.0547. The van der Waals surface area contributed by atoms with E-state index < -0.39 is 71.6 Å². The monoisotopic (exact) mass is 777 g/mol. The van der Waals surface area contributed by atoms with Gasteiger partial charge in [-0.2, -0.15) is 0 Å². The van der Waals surface area contributed by atoms with Crippen molar-refractivity contribution in [1.82, 2.24) is 26.3 Å². The summed E-state index contributed by atoms with van der Waals surface area (Å²) >= 11 is 0. The molecule has 14 nitrogen and oxygen atoms in total. The molecule has 5 atom stereocenters. The van der Waals surface area contributed by atoms with E-state index in [0.29, 0.717) is 12.8 Å². The van der Waals surface area contributed by atoms with Gasteiger partial charge in [-0.05, 0) is 58.6 Å². The summed E-state index contributed by atoms with van der Waals surface area (Å²) in [5.41, 5.74) is 16.1. The van der Waals surface area contributed by atoms with E-state index in [1.807, 2.05) is 86.6 Å². The maximum Gasteiger partial charge on any atom is 0.407 e. The number of aromatic nitrogens is 1. The first-order valence-electron chi connectivity index (χ1n) is 19.4. The van der Waals surface area contributed by atoms with Crippen LogP contribution in [0.2, 0.25) is 0 Å². The first-order chi connectivity index (χ1) is 27.2. The summed E-state index contributed by atoms with van der Waals surface area (Å²) in [4.78, 5) is 83.4. The lowest BCUT2D eigenvalue weighted by atomic mass is 9.78. The van der Waals surface area contributed by atoms with Crippen molar-refractivity contribution in [2.24, 2.45) is 23.3 Å². The lowest BCUT2D eigenvalue weighted by Crippen LogP contribution is -2.67. The highest BCUT2D eigenvalue weighted by Crippen LogP contribution is 2.44. The molecule has 0 radical (unpaired) electrons. The zero-order chi connectivity index (χ0) is 41.0. The van der Waals surface area contributed by atoms with Gasteiger partial charge in [-0.25, -0.2) is 4.79 Å². The zero-order valence-electron chi connectivity index (χ0n) is 32.6. The Kier molecular flexibility index (Phi) is 12.0. The maximum atomic E-state index is 14.7. The number of nitrogens with two attached hydrogens (primary N) is 2. The Morgan fingerprint density at radius 1 is 0.825 bits per heavy atom. The van der Waals surface area contributed by atoms with Gasteiger partial charge in [0.25, 0.3) is 0 Å². The molecule has 6 rings (SSSR count). The summed E-state index contributed by atoms with van der Waals surface area (Å²) in [6.45, 7) is 7.20. The normalized spacial score (nSPS) is 17.9. The molecule has 300 valence electrons. The van der Waals surface area contributed by atoms with E-state index in [2.05, 4.69) is 26.3 Å². The van der Waals surface area contributed by atoms with Gasteiger partial charge in [-0.1, -0.05) is 101 Å². The number of amides is 6. The number of aryl methyl sites for hydroxylation is 1. The predicted molar refractivity (Wildman–Crippen MR) is 214 cm³/mol. The molecule has 0 unspecified atom stereocenters. The summed E-state index contributed by atoms with van der Waals surface area (Å²) in [5, 5.41) is 12.0. The fourth-order valence-electron chi connectivity index (χ4n) is 8.04. The lowest BCUT2D eigenvalue weighted by Gasteiger charge is -2.39. The van der Waals surface area contributed by atoms with Gasteiger partial charge < -0.3 is 42.5 Å². The second-order valence-electron chi connectivity index (χ2n) is 15.5. The van der Waals surface area contributed by atoms with Gasteiger partial charge in [0.15, 0.2) is 0 Å². The van der Waals surface area contributed by atoms with Crippen LogP contribution in [0.3, 0.4) is 0 Å². The van der Waals surface area contributed by atoms with E-state index in [9.17, 15) is 28.8 Å². The number of carbonyl (C=O) groups excluding carboxylic acids is 6. The quantitative estimate of drug-likeness (QED) is 0.0951. The smallest absolute Gasteiger partial charge is 0.407 e. The molecule has 0 saturated heterocycles. The standard InChI is InChI=1S/C43H51N7O7/c1-5-24(4)37(49-42(56)57-22-31-27-14-8-6-12-25(27)26-13-7-9-15-28(26)31)40(54)50-43(19-18-33-30(21-43)29-16-10-11-17-32(29)46-33)41(55)48-36(23(2)3)39(53)47-34(38(45)52)20-35(44)51/h6-17,23-24,31,34,36-37,46H,5,18-22H2,1-4H3,(H2,44,51)(H2,45,52)(H,47,53)(H,48,55)(H,49,56)(H,50,54)/t24-,34-,36-,37-,43+/m0/s1. The van der Waals surface area contributed by atoms with Crippen molar-refractivity contribution >= 4 is 46.5 Å². The van der Waals surface area contributed by atoms with Crippen molar-refractivity contribution in [2.45, 2.75) is 89.4 Å². The van der Waals surface area contributed by atoms with Crippen LogP contribution in [0.5, 0.6) is 0 Å². The number of rotatable bonds is 15. The molecule has 2 aliphatic rings. The number of fused-ring (bicyclic) bond motifs is 6. The van der Waals surface area contributed by atoms with E-state index in [1.165, 1.54) is 0 Å². The number of H-pyrrole nitrogens is 1. The molecule has 1 heterocycles. The van der Waals surface area contributed by atoms with Crippen molar-refractivity contribution in [3.8, 4) is 11.1 Å². The number of carbonyl (C=O) groups is 6. The number of primary amides is 2. The molecule has 0 fully saturated rings. The molecule has 0 saturated carbocycles. The lowest BCUT2D eigenvalue weighted by molar-refractivity contribution is -0.138. The Balaban J connectivity index is 1.25. The summed E-state index contributed by atoms with van der Waals surface area (Å²) in [6.07, 6.45) is -0.116. The molecular formula is C43H51N7O7. The van der Waals surface area contributed by atoms with Crippen molar-refractivity contribution in [3.05, 3.63) is 95.2 Å². The van der Waals surface area contributed by atoms with Crippen LogP contribution >= 0.6 is 0 Å². The Bertz CT molecular complexity index is 2150. The highest BCUT2D eigenvalue weighted by molar-refractivity contribution is 5.99. The van der Waals surface area contributed by atoms with E-state index in [4.69, 9.17) is 16.2 Å². The summed E-state index contributed by atoms with van der Waals surface area (Å²) in [6, 6.07) is 20.0. The predicted octanol–water partition coefficient (Wildman–Crippen LogP) is 3.45. The topological polar surface area (TPSA) is 228 Å². The summed E-state index contributed by atoms with van der Waals surface area (Å²) in [7, 11) is 0. The summed E-state index contributed by atoms with van der Waals surface area (Å²) in [5.74, 6) is -4.79. The van der Waals surface area contributed by atoms with Gasteiger partial charge in [0.1, 0.15) is 30.3 Å². The first-order valence-corrected chi connectivity index (χ1v) is 19.4. The molecule has 57 heavy (non-hydrogen) atoms. The van der Waals surface area contributed by atoms with Gasteiger partial charge in [0, 0.05) is 28.9 Å². The minimum atomic E-state index is -1.56.